The van der Waals surface area contributed by atoms with E-state index in [1.165, 1.54) is 0 Å². The highest BCUT2D eigenvalue weighted by Crippen LogP contribution is 2.34. The number of rotatable bonds is 7. The van der Waals surface area contributed by atoms with Crippen molar-refractivity contribution in [3.05, 3.63) is 0 Å². The van der Waals surface area contributed by atoms with Crippen molar-refractivity contribution in [3.63, 3.8) is 0 Å². The van der Waals surface area contributed by atoms with Crippen LogP contribution < -0.4 is 4.72 Å². The van der Waals surface area contributed by atoms with Gasteiger partial charge in [0.25, 0.3) is 0 Å². The Labute approximate surface area is 99.2 Å². The molecule has 0 bridgehead atoms. The lowest BCUT2D eigenvalue weighted by atomic mass is 10.1. The Morgan fingerprint density at radius 2 is 2.06 bits per heavy atom. The van der Waals surface area contributed by atoms with Crippen LogP contribution in [0.5, 0.6) is 0 Å². The van der Waals surface area contributed by atoms with E-state index in [1.807, 2.05) is 0 Å². The zero-order valence-corrected chi connectivity index (χ0v) is 10.2. The number of carbonyl (C=O) groups excluding carboxylic acids is 1. The minimum atomic E-state index is -3.83. The minimum absolute atomic E-state index is 0.0542. The first-order valence-electron chi connectivity index (χ1n) is 5.12. The minimum Gasteiger partial charge on any atom is -0.481 e. The predicted molar refractivity (Wildman–Crippen MR) is 57.7 cm³/mol. The number of hydrogen-bond donors (Lipinski definition) is 2. The summed E-state index contributed by atoms with van der Waals surface area (Å²) in [4.78, 5) is 21.4. The summed E-state index contributed by atoms with van der Waals surface area (Å²) in [7, 11) is -2.74. The number of ether oxygens (including phenoxy) is 1. The lowest BCUT2D eigenvalue weighted by Gasteiger charge is -2.15. The molecular formula is C9H15NO6S. The number of sulfonamides is 1. The number of nitrogens with one attached hydrogen (secondary N) is 1. The Hall–Kier alpha value is -1.15. The van der Waals surface area contributed by atoms with Crippen molar-refractivity contribution in [2.45, 2.75) is 25.3 Å². The Kier molecular flexibility index (Phi) is 4.47. The fraction of sp³-hybridized carbons (Fsp3) is 0.778. The fourth-order valence-corrected chi connectivity index (χ4v) is 2.73. The molecule has 17 heavy (non-hydrogen) atoms. The standard InChI is InChI=1S/C9H15NO6S/c1-16-9(13)5-17(14,15)10-7(4-8(11)12)6-2-3-6/h6-7,10H,2-5H2,1H3,(H,11,12). The molecule has 0 heterocycles. The number of carboxylic acid groups (broad SMARTS) is 1. The third-order valence-corrected chi connectivity index (χ3v) is 3.73. The zero-order valence-electron chi connectivity index (χ0n) is 9.38. The first-order chi connectivity index (χ1) is 7.84. The van der Waals surface area contributed by atoms with E-state index in [0.29, 0.717) is 0 Å². The van der Waals surface area contributed by atoms with Crippen molar-refractivity contribution in [3.8, 4) is 0 Å². The van der Waals surface area contributed by atoms with Crippen LogP contribution in [0, 0.1) is 5.92 Å². The third kappa shape index (κ3) is 5.14. The maximum atomic E-state index is 11.5. The molecule has 0 aromatic heterocycles. The van der Waals surface area contributed by atoms with E-state index in [4.69, 9.17) is 5.11 Å². The summed E-state index contributed by atoms with van der Waals surface area (Å²) in [5, 5.41) is 8.66. The zero-order chi connectivity index (χ0) is 13.1. The van der Waals surface area contributed by atoms with E-state index < -0.39 is 33.8 Å². The van der Waals surface area contributed by atoms with Gasteiger partial charge in [-0.15, -0.1) is 0 Å². The fourth-order valence-electron chi connectivity index (χ4n) is 1.48. The molecule has 8 heteroatoms. The van der Waals surface area contributed by atoms with Gasteiger partial charge in [-0.05, 0) is 18.8 Å². The van der Waals surface area contributed by atoms with Gasteiger partial charge in [-0.25, -0.2) is 13.1 Å². The summed E-state index contributed by atoms with van der Waals surface area (Å²) in [6.45, 7) is 0. The van der Waals surface area contributed by atoms with E-state index in [9.17, 15) is 18.0 Å². The molecule has 1 rings (SSSR count). The van der Waals surface area contributed by atoms with Gasteiger partial charge in [0.05, 0.1) is 13.5 Å². The highest BCUT2D eigenvalue weighted by molar-refractivity contribution is 7.90. The highest BCUT2D eigenvalue weighted by atomic mass is 32.2. The van der Waals surface area contributed by atoms with E-state index in [-0.39, 0.29) is 12.3 Å². The number of methoxy groups -OCH3 is 1. The number of hydrogen-bond acceptors (Lipinski definition) is 5. The second-order valence-corrected chi connectivity index (χ2v) is 5.75. The molecule has 7 nitrogen and oxygen atoms in total. The highest BCUT2D eigenvalue weighted by Gasteiger charge is 2.35. The van der Waals surface area contributed by atoms with Crippen molar-refractivity contribution in [2.75, 3.05) is 12.9 Å². The number of carboxylic acids is 1. The molecule has 0 aliphatic heterocycles. The predicted octanol–water partition coefficient (Wildman–Crippen LogP) is -0.668. The monoisotopic (exact) mass is 265 g/mol. The van der Waals surface area contributed by atoms with Crippen LogP contribution in [-0.4, -0.2) is 44.4 Å². The molecule has 0 saturated heterocycles. The Balaban J connectivity index is 2.59. The molecule has 1 unspecified atom stereocenters. The Morgan fingerprint density at radius 3 is 2.47 bits per heavy atom. The normalized spacial score (nSPS) is 17.5. The lowest BCUT2D eigenvalue weighted by Crippen LogP contribution is -2.41. The van der Waals surface area contributed by atoms with Crippen LogP contribution in [0.2, 0.25) is 0 Å². The molecule has 1 aliphatic carbocycles. The topological polar surface area (TPSA) is 110 Å². The average Bonchev–Trinajstić information content (AvgIpc) is 2.97. The van der Waals surface area contributed by atoms with Gasteiger partial charge < -0.3 is 9.84 Å². The first kappa shape index (κ1) is 13.9. The summed E-state index contributed by atoms with van der Waals surface area (Å²) >= 11 is 0. The van der Waals surface area contributed by atoms with E-state index >= 15 is 0 Å². The van der Waals surface area contributed by atoms with Crippen molar-refractivity contribution in [1.29, 1.82) is 0 Å². The molecule has 0 radical (unpaired) electrons. The van der Waals surface area contributed by atoms with Gasteiger partial charge in [0.15, 0.2) is 5.75 Å². The van der Waals surface area contributed by atoms with Crippen LogP contribution in [0.15, 0.2) is 0 Å². The van der Waals surface area contributed by atoms with Crippen LogP contribution in [-0.2, 0) is 24.3 Å². The van der Waals surface area contributed by atoms with Gasteiger partial charge in [-0.3, -0.25) is 9.59 Å². The second-order valence-electron chi connectivity index (χ2n) is 3.99. The van der Waals surface area contributed by atoms with Gasteiger partial charge in [0.1, 0.15) is 0 Å². The van der Waals surface area contributed by atoms with Gasteiger partial charge >= 0.3 is 11.9 Å². The summed E-state index contributed by atoms with van der Waals surface area (Å²) in [5.41, 5.74) is 0. The van der Waals surface area contributed by atoms with Gasteiger partial charge in [0, 0.05) is 6.04 Å². The van der Waals surface area contributed by atoms with Crippen LogP contribution in [0.1, 0.15) is 19.3 Å². The number of esters is 1. The van der Waals surface area contributed by atoms with Crippen LogP contribution in [0.25, 0.3) is 0 Å². The molecule has 0 aromatic rings. The molecule has 0 amide bonds. The van der Waals surface area contributed by atoms with Crippen LogP contribution in [0.3, 0.4) is 0 Å². The molecule has 0 spiro atoms. The molecule has 1 atom stereocenters. The largest absolute Gasteiger partial charge is 0.481 e. The molecule has 1 saturated carbocycles. The molecule has 1 fully saturated rings. The summed E-state index contributed by atoms with van der Waals surface area (Å²) in [5.74, 6) is -2.67. The SMILES string of the molecule is COC(=O)CS(=O)(=O)NC(CC(=O)O)C1CC1. The molecule has 1 aliphatic rings. The van der Waals surface area contributed by atoms with Gasteiger partial charge in [-0.1, -0.05) is 0 Å². The molecular weight excluding hydrogens is 250 g/mol. The van der Waals surface area contributed by atoms with Crippen LogP contribution >= 0.6 is 0 Å². The Morgan fingerprint density at radius 1 is 1.47 bits per heavy atom. The van der Waals surface area contributed by atoms with E-state index in [2.05, 4.69) is 9.46 Å². The van der Waals surface area contributed by atoms with Gasteiger partial charge in [-0.2, -0.15) is 0 Å². The van der Waals surface area contributed by atoms with Crippen molar-refractivity contribution >= 4 is 22.0 Å². The van der Waals surface area contributed by atoms with Crippen molar-refractivity contribution < 1.29 is 27.9 Å². The molecule has 0 aromatic carbocycles. The molecule has 2 N–H and O–H groups in total. The van der Waals surface area contributed by atoms with Gasteiger partial charge in [0.2, 0.25) is 10.0 Å². The smallest absolute Gasteiger partial charge is 0.322 e. The quantitative estimate of drug-likeness (QED) is 0.591. The van der Waals surface area contributed by atoms with Crippen molar-refractivity contribution in [2.24, 2.45) is 5.92 Å². The summed E-state index contributed by atoms with van der Waals surface area (Å²) in [6, 6.07) is -0.637. The number of carbonyl (C=O) groups is 2. The second kappa shape index (κ2) is 5.46. The molecule has 98 valence electrons. The average molecular weight is 265 g/mol. The van der Waals surface area contributed by atoms with Crippen LogP contribution in [0.4, 0.5) is 0 Å². The number of aliphatic carboxylic acids is 1. The third-order valence-electron chi connectivity index (χ3n) is 2.45. The first-order valence-corrected chi connectivity index (χ1v) is 6.78. The summed E-state index contributed by atoms with van der Waals surface area (Å²) < 4.78 is 29.5. The maximum absolute atomic E-state index is 11.5. The van der Waals surface area contributed by atoms with Crippen molar-refractivity contribution in [1.82, 2.24) is 4.72 Å². The Bertz CT molecular complexity index is 400. The maximum Gasteiger partial charge on any atom is 0.322 e. The van der Waals surface area contributed by atoms with E-state index in [0.717, 1.165) is 20.0 Å². The van der Waals surface area contributed by atoms with E-state index in [1.54, 1.807) is 0 Å². The summed E-state index contributed by atoms with van der Waals surface area (Å²) in [6.07, 6.45) is 1.34. The lowest BCUT2D eigenvalue weighted by molar-refractivity contribution is -0.138.